The molecule has 2 fully saturated rings. The summed E-state index contributed by atoms with van der Waals surface area (Å²) in [5.74, 6) is -0.226. The molecular formula is C23H25N3O3. The Hall–Kier alpha value is -3.15. The van der Waals surface area contributed by atoms with Crippen LogP contribution in [0.1, 0.15) is 35.7 Å². The number of amides is 3. The standard InChI is InChI=1S/C23H25N3O3/c1-2-8-16-9-6-7-12-18(16)24-23(29)25-14-13-19-21(25)20(27)15-26(19)22(28)17-10-4-3-5-11-17/h3-7,9-12,19,21H,2,8,13-15H2,1H3,(H,24,29)/t19-,21+/m1/s1. The normalized spacial score (nSPS) is 20.7. The van der Waals surface area contributed by atoms with Crippen molar-refractivity contribution in [2.45, 2.75) is 38.3 Å². The fourth-order valence-corrected chi connectivity index (χ4v) is 4.38. The van der Waals surface area contributed by atoms with Crippen molar-refractivity contribution in [3.05, 3.63) is 65.7 Å². The van der Waals surface area contributed by atoms with Crippen LogP contribution in [0.2, 0.25) is 0 Å². The highest BCUT2D eigenvalue weighted by Crippen LogP contribution is 2.31. The molecule has 0 saturated carbocycles. The lowest BCUT2D eigenvalue weighted by molar-refractivity contribution is -0.119. The van der Waals surface area contributed by atoms with Crippen LogP contribution < -0.4 is 5.32 Å². The Balaban J connectivity index is 1.50. The van der Waals surface area contributed by atoms with Crippen LogP contribution in [0.4, 0.5) is 10.5 Å². The van der Waals surface area contributed by atoms with Crippen molar-refractivity contribution < 1.29 is 14.4 Å². The third-order valence-electron chi connectivity index (χ3n) is 5.74. The number of carbonyl (C=O) groups is 3. The van der Waals surface area contributed by atoms with Crippen LogP contribution in [0.15, 0.2) is 54.6 Å². The molecule has 6 nitrogen and oxygen atoms in total. The van der Waals surface area contributed by atoms with E-state index in [4.69, 9.17) is 0 Å². The van der Waals surface area contributed by atoms with Crippen molar-refractivity contribution in [1.29, 1.82) is 0 Å². The summed E-state index contributed by atoms with van der Waals surface area (Å²) in [6.07, 6.45) is 2.47. The first-order valence-corrected chi connectivity index (χ1v) is 10.1. The van der Waals surface area contributed by atoms with Gasteiger partial charge in [-0.05, 0) is 36.6 Å². The van der Waals surface area contributed by atoms with Crippen LogP contribution in [-0.2, 0) is 11.2 Å². The second kappa shape index (κ2) is 8.07. The number of urea groups is 1. The van der Waals surface area contributed by atoms with Crippen LogP contribution >= 0.6 is 0 Å². The number of benzene rings is 2. The summed E-state index contributed by atoms with van der Waals surface area (Å²) in [7, 11) is 0. The minimum absolute atomic E-state index is 0.0548. The van der Waals surface area contributed by atoms with Gasteiger partial charge in [0.15, 0.2) is 5.78 Å². The molecule has 6 heteroatoms. The maximum atomic E-state index is 13.0. The largest absolute Gasteiger partial charge is 0.326 e. The van der Waals surface area contributed by atoms with Crippen LogP contribution in [0, 0.1) is 0 Å². The zero-order valence-electron chi connectivity index (χ0n) is 16.5. The molecule has 0 radical (unpaired) electrons. The number of nitrogens with one attached hydrogen (secondary N) is 1. The van der Waals surface area contributed by atoms with Crippen molar-refractivity contribution in [2.75, 3.05) is 18.4 Å². The first-order valence-electron chi connectivity index (χ1n) is 10.1. The molecule has 0 aliphatic carbocycles. The second-order valence-corrected chi connectivity index (χ2v) is 7.60. The van der Waals surface area contributed by atoms with Gasteiger partial charge in [-0.3, -0.25) is 9.59 Å². The summed E-state index contributed by atoms with van der Waals surface area (Å²) in [6.45, 7) is 2.61. The van der Waals surface area contributed by atoms with Gasteiger partial charge in [0, 0.05) is 17.8 Å². The van der Waals surface area contributed by atoms with E-state index in [0.717, 1.165) is 24.1 Å². The van der Waals surface area contributed by atoms with E-state index in [9.17, 15) is 14.4 Å². The molecule has 4 rings (SSSR count). The Kier molecular flexibility index (Phi) is 5.34. The fraction of sp³-hybridized carbons (Fsp3) is 0.348. The van der Waals surface area contributed by atoms with E-state index in [1.54, 1.807) is 21.9 Å². The highest BCUT2D eigenvalue weighted by Gasteiger charge is 2.51. The number of hydrogen-bond acceptors (Lipinski definition) is 3. The van der Waals surface area contributed by atoms with E-state index in [0.29, 0.717) is 18.5 Å². The van der Waals surface area contributed by atoms with Crippen LogP contribution in [0.5, 0.6) is 0 Å². The number of anilines is 1. The number of Topliss-reactive ketones (excluding diaryl/α,β-unsaturated/α-hetero) is 1. The second-order valence-electron chi connectivity index (χ2n) is 7.60. The van der Waals surface area contributed by atoms with Crippen LogP contribution in [0.25, 0.3) is 0 Å². The van der Waals surface area contributed by atoms with Gasteiger partial charge in [0.25, 0.3) is 5.91 Å². The number of rotatable bonds is 4. The molecule has 2 saturated heterocycles. The maximum absolute atomic E-state index is 13.0. The van der Waals surface area contributed by atoms with E-state index >= 15 is 0 Å². The highest BCUT2D eigenvalue weighted by atomic mass is 16.2. The molecule has 0 bridgehead atoms. The number of fused-ring (bicyclic) bond motifs is 1. The molecule has 0 spiro atoms. The van der Waals surface area contributed by atoms with Gasteiger partial charge in [-0.15, -0.1) is 0 Å². The number of carbonyl (C=O) groups excluding carboxylic acids is 3. The summed E-state index contributed by atoms with van der Waals surface area (Å²) in [6, 6.07) is 15.6. The van der Waals surface area contributed by atoms with Gasteiger partial charge in [0.1, 0.15) is 6.04 Å². The van der Waals surface area contributed by atoms with Crippen molar-refractivity contribution in [3.8, 4) is 0 Å². The molecule has 2 aliphatic rings. The zero-order valence-corrected chi connectivity index (χ0v) is 16.5. The van der Waals surface area contributed by atoms with Gasteiger partial charge in [-0.1, -0.05) is 49.7 Å². The van der Waals surface area contributed by atoms with Crippen LogP contribution in [0.3, 0.4) is 0 Å². The lowest BCUT2D eigenvalue weighted by Gasteiger charge is -2.25. The third-order valence-corrected chi connectivity index (χ3v) is 5.74. The van der Waals surface area contributed by atoms with Gasteiger partial charge in [-0.2, -0.15) is 0 Å². The summed E-state index contributed by atoms with van der Waals surface area (Å²) in [4.78, 5) is 41.8. The quantitative estimate of drug-likeness (QED) is 0.869. The van der Waals surface area contributed by atoms with E-state index in [-0.39, 0.29) is 30.3 Å². The fourth-order valence-electron chi connectivity index (χ4n) is 4.38. The molecule has 150 valence electrons. The number of para-hydroxylation sites is 1. The van der Waals surface area contributed by atoms with E-state index in [1.807, 2.05) is 42.5 Å². The third kappa shape index (κ3) is 3.62. The molecule has 29 heavy (non-hydrogen) atoms. The molecule has 1 N–H and O–H groups in total. The van der Waals surface area contributed by atoms with Crippen molar-refractivity contribution >= 4 is 23.4 Å². The van der Waals surface area contributed by atoms with E-state index < -0.39 is 6.04 Å². The summed E-state index contributed by atoms with van der Waals surface area (Å²) in [5.41, 5.74) is 2.43. The van der Waals surface area contributed by atoms with Crippen LogP contribution in [-0.4, -0.2) is 52.7 Å². The summed E-state index contributed by atoms with van der Waals surface area (Å²) >= 11 is 0. The number of hydrogen-bond donors (Lipinski definition) is 1. The minimum Gasteiger partial charge on any atom is -0.326 e. The number of likely N-dealkylation sites (tertiary alicyclic amines) is 2. The predicted octanol–water partition coefficient (Wildman–Crippen LogP) is 3.34. The highest BCUT2D eigenvalue weighted by molar-refractivity contribution is 6.03. The topological polar surface area (TPSA) is 69.7 Å². The Morgan fingerprint density at radius 3 is 2.52 bits per heavy atom. The summed E-state index contributed by atoms with van der Waals surface area (Å²) < 4.78 is 0. The summed E-state index contributed by atoms with van der Waals surface area (Å²) in [5, 5.41) is 2.98. The number of ketones is 1. The van der Waals surface area contributed by atoms with Crippen molar-refractivity contribution in [2.24, 2.45) is 0 Å². The minimum atomic E-state index is -0.569. The maximum Gasteiger partial charge on any atom is 0.322 e. The first-order chi connectivity index (χ1) is 14.1. The lowest BCUT2D eigenvalue weighted by atomic mass is 10.1. The molecule has 2 aromatic rings. The van der Waals surface area contributed by atoms with Gasteiger partial charge >= 0.3 is 6.03 Å². The molecular weight excluding hydrogens is 366 g/mol. The Morgan fingerprint density at radius 2 is 1.76 bits per heavy atom. The van der Waals surface area contributed by atoms with Gasteiger partial charge in [-0.25, -0.2) is 4.79 Å². The first kappa shape index (κ1) is 19.2. The average molecular weight is 391 g/mol. The lowest BCUT2D eigenvalue weighted by Crippen LogP contribution is -2.45. The Morgan fingerprint density at radius 1 is 1.03 bits per heavy atom. The molecule has 2 aromatic carbocycles. The molecule has 2 heterocycles. The van der Waals surface area contributed by atoms with Gasteiger partial charge in [0.2, 0.25) is 0 Å². The Labute approximate surface area is 170 Å². The number of aryl methyl sites for hydroxylation is 1. The number of nitrogens with zero attached hydrogens (tertiary/aromatic N) is 2. The molecule has 2 aliphatic heterocycles. The monoisotopic (exact) mass is 391 g/mol. The smallest absolute Gasteiger partial charge is 0.322 e. The molecule has 0 unspecified atom stereocenters. The molecule has 2 atom stereocenters. The Bertz CT molecular complexity index is 928. The van der Waals surface area contributed by atoms with E-state index in [1.165, 1.54) is 0 Å². The van der Waals surface area contributed by atoms with Gasteiger partial charge < -0.3 is 15.1 Å². The van der Waals surface area contributed by atoms with Gasteiger partial charge in [0.05, 0.1) is 12.6 Å². The molecule has 0 aromatic heterocycles. The molecule has 3 amide bonds. The zero-order chi connectivity index (χ0) is 20.4. The SMILES string of the molecule is CCCc1ccccc1NC(=O)N1CC[C@@H]2[C@H]1C(=O)CN2C(=O)c1ccccc1. The predicted molar refractivity (Wildman–Crippen MR) is 111 cm³/mol. The van der Waals surface area contributed by atoms with Crippen molar-refractivity contribution in [3.63, 3.8) is 0 Å². The van der Waals surface area contributed by atoms with E-state index in [2.05, 4.69) is 12.2 Å². The average Bonchev–Trinajstić information content (AvgIpc) is 3.31. The van der Waals surface area contributed by atoms with Crippen molar-refractivity contribution in [1.82, 2.24) is 9.80 Å².